The quantitative estimate of drug-likeness (QED) is 0.840. The maximum absolute atomic E-state index is 3.61. The van der Waals surface area contributed by atoms with E-state index in [1.165, 1.54) is 51.6 Å². The van der Waals surface area contributed by atoms with Gasteiger partial charge in [-0.05, 0) is 62.9 Å². The third kappa shape index (κ3) is 3.76. The van der Waals surface area contributed by atoms with Crippen LogP contribution < -0.4 is 5.32 Å². The maximum atomic E-state index is 3.61. The molecule has 1 saturated heterocycles. The van der Waals surface area contributed by atoms with E-state index in [1.807, 2.05) is 0 Å². The van der Waals surface area contributed by atoms with Crippen LogP contribution in [-0.4, -0.2) is 37.1 Å². The highest BCUT2D eigenvalue weighted by Crippen LogP contribution is 2.40. The van der Waals surface area contributed by atoms with Crippen molar-refractivity contribution in [3.05, 3.63) is 0 Å². The van der Waals surface area contributed by atoms with E-state index < -0.39 is 0 Å². The zero-order valence-electron chi connectivity index (χ0n) is 14.4. The standard InChI is InChI=1S/C18H36N2/c1-6-7-14-10-11-20(13-14)17-12-15(18(2,3)4)8-9-16(17)19-5/h14-17,19H,6-13H2,1-5H3. The van der Waals surface area contributed by atoms with Gasteiger partial charge in [-0.2, -0.15) is 0 Å². The Morgan fingerprint density at radius 3 is 2.50 bits per heavy atom. The fourth-order valence-electron chi connectivity index (χ4n) is 4.48. The molecule has 2 heteroatoms. The molecular formula is C18H36N2. The predicted octanol–water partition coefficient (Wildman–Crippen LogP) is 3.91. The Morgan fingerprint density at radius 1 is 1.15 bits per heavy atom. The first-order chi connectivity index (χ1) is 9.45. The number of likely N-dealkylation sites (tertiary alicyclic amines) is 1. The molecule has 0 aromatic heterocycles. The molecule has 1 saturated carbocycles. The molecule has 0 aromatic rings. The molecule has 118 valence electrons. The minimum atomic E-state index is 0.472. The van der Waals surface area contributed by atoms with Gasteiger partial charge in [-0.15, -0.1) is 0 Å². The van der Waals surface area contributed by atoms with Crippen molar-refractivity contribution in [1.82, 2.24) is 10.2 Å². The summed E-state index contributed by atoms with van der Waals surface area (Å²) in [7, 11) is 2.16. The van der Waals surface area contributed by atoms with E-state index in [9.17, 15) is 0 Å². The molecule has 1 aliphatic carbocycles. The predicted molar refractivity (Wildman–Crippen MR) is 88.0 cm³/mol. The van der Waals surface area contributed by atoms with Gasteiger partial charge >= 0.3 is 0 Å². The van der Waals surface area contributed by atoms with Crippen LogP contribution in [0.2, 0.25) is 0 Å². The Labute approximate surface area is 126 Å². The monoisotopic (exact) mass is 280 g/mol. The molecule has 4 atom stereocenters. The van der Waals surface area contributed by atoms with Gasteiger partial charge in [-0.3, -0.25) is 4.90 Å². The molecule has 2 nitrogen and oxygen atoms in total. The van der Waals surface area contributed by atoms with Crippen LogP contribution >= 0.6 is 0 Å². The molecule has 0 aromatic carbocycles. The molecule has 0 amide bonds. The number of nitrogens with one attached hydrogen (secondary N) is 1. The zero-order valence-corrected chi connectivity index (χ0v) is 14.4. The minimum Gasteiger partial charge on any atom is -0.315 e. The summed E-state index contributed by atoms with van der Waals surface area (Å²) in [4.78, 5) is 2.82. The van der Waals surface area contributed by atoms with Crippen LogP contribution in [0.1, 0.15) is 66.2 Å². The summed E-state index contributed by atoms with van der Waals surface area (Å²) in [5, 5.41) is 3.61. The van der Waals surface area contributed by atoms with Gasteiger partial charge in [0.25, 0.3) is 0 Å². The largest absolute Gasteiger partial charge is 0.315 e. The van der Waals surface area contributed by atoms with Gasteiger partial charge in [0, 0.05) is 18.6 Å². The van der Waals surface area contributed by atoms with E-state index in [1.54, 1.807) is 0 Å². The Hall–Kier alpha value is -0.0800. The molecule has 2 rings (SSSR count). The normalized spacial score (nSPS) is 36.5. The average Bonchev–Trinajstić information content (AvgIpc) is 2.86. The summed E-state index contributed by atoms with van der Waals surface area (Å²) in [6, 6.07) is 1.49. The topological polar surface area (TPSA) is 15.3 Å². The van der Waals surface area contributed by atoms with Crippen molar-refractivity contribution in [3.63, 3.8) is 0 Å². The lowest BCUT2D eigenvalue weighted by atomic mass is 9.69. The second-order valence-electron chi connectivity index (χ2n) is 8.28. The van der Waals surface area contributed by atoms with Crippen LogP contribution in [0.5, 0.6) is 0 Å². The third-order valence-electron chi connectivity index (χ3n) is 5.90. The number of rotatable bonds is 4. The maximum Gasteiger partial charge on any atom is 0.0252 e. The van der Waals surface area contributed by atoms with Crippen molar-refractivity contribution in [1.29, 1.82) is 0 Å². The summed E-state index contributed by atoms with van der Waals surface area (Å²) in [5.74, 6) is 1.86. The Balaban J connectivity index is 1.99. The summed E-state index contributed by atoms with van der Waals surface area (Å²) in [6.07, 6.45) is 8.37. The van der Waals surface area contributed by atoms with Crippen LogP contribution in [0.4, 0.5) is 0 Å². The second-order valence-corrected chi connectivity index (χ2v) is 8.28. The van der Waals surface area contributed by atoms with Crippen molar-refractivity contribution < 1.29 is 0 Å². The Bertz CT molecular complexity index is 294. The average molecular weight is 281 g/mol. The van der Waals surface area contributed by atoms with Gasteiger partial charge in [0.1, 0.15) is 0 Å². The number of nitrogens with zero attached hydrogens (tertiary/aromatic N) is 1. The lowest BCUT2D eigenvalue weighted by Gasteiger charge is -2.45. The lowest BCUT2D eigenvalue weighted by Crippen LogP contribution is -2.53. The van der Waals surface area contributed by atoms with Crippen molar-refractivity contribution in [3.8, 4) is 0 Å². The summed E-state index contributed by atoms with van der Waals surface area (Å²) in [6.45, 7) is 12.3. The molecule has 1 N–H and O–H groups in total. The molecular weight excluding hydrogens is 244 g/mol. The second kappa shape index (κ2) is 6.79. The minimum absolute atomic E-state index is 0.472. The molecule has 4 unspecified atom stereocenters. The Kier molecular flexibility index (Phi) is 5.53. The molecule has 1 aliphatic heterocycles. The van der Waals surface area contributed by atoms with E-state index in [2.05, 4.69) is 45.0 Å². The zero-order chi connectivity index (χ0) is 14.8. The SMILES string of the molecule is CCCC1CCN(C2CC(C(C)(C)C)CCC2NC)C1. The fraction of sp³-hybridized carbons (Fsp3) is 1.00. The van der Waals surface area contributed by atoms with E-state index >= 15 is 0 Å². The highest BCUT2D eigenvalue weighted by molar-refractivity contribution is 4.95. The smallest absolute Gasteiger partial charge is 0.0252 e. The van der Waals surface area contributed by atoms with E-state index in [4.69, 9.17) is 0 Å². The fourth-order valence-corrected chi connectivity index (χ4v) is 4.48. The molecule has 20 heavy (non-hydrogen) atoms. The van der Waals surface area contributed by atoms with Gasteiger partial charge in [0.15, 0.2) is 0 Å². The highest BCUT2D eigenvalue weighted by Gasteiger charge is 2.39. The molecule has 2 fully saturated rings. The lowest BCUT2D eigenvalue weighted by molar-refractivity contribution is 0.0715. The first-order valence-electron chi connectivity index (χ1n) is 8.87. The number of hydrogen-bond acceptors (Lipinski definition) is 2. The van der Waals surface area contributed by atoms with Gasteiger partial charge < -0.3 is 5.32 Å². The van der Waals surface area contributed by atoms with Gasteiger partial charge in [0.2, 0.25) is 0 Å². The molecule has 0 spiro atoms. The molecule has 1 heterocycles. The van der Waals surface area contributed by atoms with Crippen molar-refractivity contribution in [2.75, 3.05) is 20.1 Å². The highest BCUT2D eigenvalue weighted by atomic mass is 15.2. The number of likely N-dealkylation sites (N-methyl/N-ethyl adjacent to an activating group) is 1. The van der Waals surface area contributed by atoms with Crippen LogP contribution in [-0.2, 0) is 0 Å². The van der Waals surface area contributed by atoms with Crippen LogP contribution in [0.25, 0.3) is 0 Å². The first-order valence-corrected chi connectivity index (χ1v) is 8.87. The summed E-state index contributed by atoms with van der Waals surface area (Å²) >= 11 is 0. The van der Waals surface area contributed by atoms with E-state index in [0.29, 0.717) is 11.5 Å². The van der Waals surface area contributed by atoms with Gasteiger partial charge in [-0.25, -0.2) is 0 Å². The summed E-state index contributed by atoms with van der Waals surface area (Å²) in [5.41, 5.74) is 0.472. The molecule has 0 radical (unpaired) electrons. The van der Waals surface area contributed by atoms with E-state index in [-0.39, 0.29) is 0 Å². The van der Waals surface area contributed by atoms with E-state index in [0.717, 1.165) is 17.9 Å². The van der Waals surface area contributed by atoms with Gasteiger partial charge in [-0.1, -0.05) is 34.1 Å². The summed E-state index contributed by atoms with van der Waals surface area (Å²) < 4.78 is 0. The van der Waals surface area contributed by atoms with Crippen LogP contribution in [0, 0.1) is 17.3 Å². The van der Waals surface area contributed by atoms with Gasteiger partial charge in [0.05, 0.1) is 0 Å². The molecule has 0 bridgehead atoms. The van der Waals surface area contributed by atoms with Crippen LogP contribution in [0.3, 0.4) is 0 Å². The van der Waals surface area contributed by atoms with Crippen molar-refractivity contribution in [2.24, 2.45) is 17.3 Å². The van der Waals surface area contributed by atoms with Crippen molar-refractivity contribution >= 4 is 0 Å². The number of hydrogen-bond donors (Lipinski definition) is 1. The first kappa shape index (κ1) is 16.3. The Morgan fingerprint density at radius 2 is 1.90 bits per heavy atom. The molecule has 2 aliphatic rings. The van der Waals surface area contributed by atoms with Crippen molar-refractivity contribution in [2.45, 2.75) is 78.3 Å². The van der Waals surface area contributed by atoms with Crippen LogP contribution in [0.15, 0.2) is 0 Å². The third-order valence-corrected chi connectivity index (χ3v) is 5.90.